The highest BCUT2D eigenvalue weighted by molar-refractivity contribution is 6.09. The highest BCUT2D eigenvalue weighted by Crippen LogP contribution is 2.20. The first kappa shape index (κ1) is 18.3. The summed E-state index contributed by atoms with van der Waals surface area (Å²) in [5, 5.41) is 2.23. The topological polar surface area (TPSA) is 46.2 Å². The van der Waals surface area contributed by atoms with Crippen LogP contribution < -0.4 is 5.32 Å². The van der Waals surface area contributed by atoms with Gasteiger partial charge in [0.15, 0.2) is 29.1 Å². The summed E-state index contributed by atoms with van der Waals surface area (Å²) in [6.07, 6.45) is 0. The summed E-state index contributed by atoms with van der Waals surface area (Å²) < 4.78 is 53.1. The predicted octanol–water partition coefficient (Wildman–Crippen LogP) is 4.73. The molecule has 0 aliphatic rings. The van der Waals surface area contributed by atoms with Gasteiger partial charge in [-0.1, -0.05) is 30.3 Å². The SMILES string of the molecule is O=C(c1ccccc1)c1ccc(NC(=O)c2cc(F)c(F)c(F)c2F)cc1. The average Bonchev–Trinajstić information content (AvgIpc) is 2.69. The summed E-state index contributed by atoms with van der Waals surface area (Å²) in [4.78, 5) is 24.3. The van der Waals surface area contributed by atoms with Gasteiger partial charge in [-0.05, 0) is 30.3 Å². The van der Waals surface area contributed by atoms with Crippen molar-refractivity contribution < 1.29 is 27.2 Å². The van der Waals surface area contributed by atoms with E-state index in [0.29, 0.717) is 11.1 Å². The highest BCUT2D eigenvalue weighted by Gasteiger charge is 2.23. The molecule has 7 heteroatoms. The van der Waals surface area contributed by atoms with Crippen molar-refractivity contribution in [3.63, 3.8) is 0 Å². The van der Waals surface area contributed by atoms with Gasteiger partial charge in [-0.2, -0.15) is 0 Å². The first-order valence-corrected chi connectivity index (χ1v) is 7.72. The van der Waals surface area contributed by atoms with Gasteiger partial charge in [0, 0.05) is 16.8 Å². The molecule has 0 saturated heterocycles. The van der Waals surface area contributed by atoms with Crippen LogP contribution in [0.1, 0.15) is 26.3 Å². The van der Waals surface area contributed by atoms with Gasteiger partial charge in [-0.25, -0.2) is 17.6 Å². The number of carbonyl (C=O) groups excluding carboxylic acids is 2. The van der Waals surface area contributed by atoms with Crippen molar-refractivity contribution in [3.05, 3.63) is 101 Å². The van der Waals surface area contributed by atoms with Crippen molar-refractivity contribution >= 4 is 17.4 Å². The zero-order valence-corrected chi connectivity index (χ0v) is 13.6. The van der Waals surface area contributed by atoms with Gasteiger partial charge in [-0.3, -0.25) is 9.59 Å². The molecule has 3 rings (SSSR count). The number of halogens is 4. The summed E-state index contributed by atoms with van der Waals surface area (Å²) in [5.41, 5.74) is 0.0165. The average molecular weight is 373 g/mol. The number of hydrogen-bond donors (Lipinski definition) is 1. The number of ketones is 1. The van der Waals surface area contributed by atoms with Crippen LogP contribution in [0.3, 0.4) is 0 Å². The molecule has 0 bridgehead atoms. The molecule has 3 aromatic carbocycles. The summed E-state index contributed by atoms with van der Waals surface area (Å²) in [7, 11) is 0. The van der Waals surface area contributed by atoms with Gasteiger partial charge in [0.1, 0.15) is 0 Å². The van der Waals surface area contributed by atoms with Crippen LogP contribution in [0.25, 0.3) is 0 Å². The van der Waals surface area contributed by atoms with Crippen molar-refractivity contribution in [1.29, 1.82) is 0 Å². The van der Waals surface area contributed by atoms with E-state index in [9.17, 15) is 27.2 Å². The molecule has 1 amide bonds. The van der Waals surface area contributed by atoms with E-state index >= 15 is 0 Å². The van der Waals surface area contributed by atoms with Crippen LogP contribution in [-0.2, 0) is 0 Å². The normalized spacial score (nSPS) is 10.5. The van der Waals surface area contributed by atoms with Crippen molar-refractivity contribution in [1.82, 2.24) is 0 Å². The third-order valence-electron chi connectivity index (χ3n) is 3.79. The molecule has 3 aromatic rings. The highest BCUT2D eigenvalue weighted by atomic mass is 19.2. The van der Waals surface area contributed by atoms with Crippen LogP contribution in [0.4, 0.5) is 23.2 Å². The number of rotatable bonds is 4. The lowest BCUT2D eigenvalue weighted by Gasteiger charge is -2.08. The zero-order chi connectivity index (χ0) is 19.6. The fourth-order valence-corrected chi connectivity index (χ4v) is 2.40. The van der Waals surface area contributed by atoms with Crippen molar-refractivity contribution in [2.75, 3.05) is 5.32 Å². The van der Waals surface area contributed by atoms with E-state index in [1.54, 1.807) is 30.3 Å². The molecule has 1 N–H and O–H groups in total. The molecule has 0 radical (unpaired) electrons. The van der Waals surface area contributed by atoms with Gasteiger partial charge in [0.05, 0.1) is 5.56 Å². The zero-order valence-electron chi connectivity index (χ0n) is 13.6. The fraction of sp³-hybridized carbons (Fsp3) is 0. The lowest BCUT2D eigenvalue weighted by Crippen LogP contribution is -2.16. The Kier molecular flexibility index (Phi) is 5.03. The van der Waals surface area contributed by atoms with E-state index in [0.717, 1.165) is 0 Å². The third kappa shape index (κ3) is 3.72. The molecule has 0 aromatic heterocycles. The third-order valence-corrected chi connectivity index (χ3v) is 3.79. The molecule has 0 aliphatic carbocycles. The Morgan fingerprint density at radius 2 is 1.30 bits per heavy atom. The number of benzene rings is 3. The van der Waals surface area contributed by atoms with Crippen LogP contribution in [0.5, 0.6) is 0 Å². The quantitative estimate of drug-likeness (QED) is 0.311. The molecule has 0 unspecified atom stereocenters. The Balaban J connectivity index is 1.79. The Labute approximate surface area is 151 Å². The van der Waals surface area contributed by atoms with Gasteiger partial charge in [-0.15, -0.1) is 0 Å². The lowest BCUT2D eigenvalue weighted by molar-refractivity contribution is 0.101. The van der Waals surface area contributed by atoms with Crippen LogP contribution in [0.15, 0.2) is 60.7 Å². The summed E-state index contributed by atoms with van der Waals surface area (Å²) in [6.45, 7) is 0. The van der Waals surface area contributed by atoms with E-state index in [-0.39, 0.29) is 17.5 Å². The van der Waals surface area contributed by atoms with Crippen molar-refractivity contribution in [2.24, 2.45) is 0 Å². The van der Waals surface area contributed by atoms with Crippen LogP contribution in [0, 0.1) is 23.3 Å². The van der Waals surface area contributed by atoms with Gasteiger partial charge in [0.25, 0.3) is 5.91 Å². The van der Waals surface area contributed by atoms with Gasteiger partial charge >= 0.3 is 0 Å². The maximum absolute atomic E-state index is 13.7. The smallest absolute Gasteiger partial charge is 0.258 e. The second-order valence-corrected chi connectivity index (χ2v) is 5.57. The number of nitrogens with one attached hydrogen (secondary N) is 1. The first-order chi connectivity index (χ1) is 12.9. The predicted molar refractivity (Wildman–Crippen MR) is 90.5 cm³/mol. The van der Waals surface area contributed by atoms with Crippen LogP contribution in [-0.4, -0.2) is 11.7 Å². The minimum absolute atomic E-state index is 0.161. The monoisotopic (exact) mass is 373 g/mol. The molecule has 136 valence electrons. The molecule has 0 atom stereocenters. The van der Waals surface area contributed by atoms with Crippen LogP contribution >= 0.6 is 0 Å². The van der Waals surface area contributed by atoms with Crippen molar-refractivity contribution in [3.8, 4) is 0 Å². The molecular formula is C20H11F4NO2. The summed E-state index contributed by atoms with van der Waals surface area (Å²) in [5.74, 6) is -8.92. The molecule has 27 heavy (non-hydrogen) atoms. The number of carbonyl (C=O) groups is 2. The van der Waals surface area contributed by atoms with Crippen LogP contribution in [0.2, 0.25) is 0 Å². The second kappa shape index (κ2) is 7.41. The number of hydrogen-bond acceptors (Lipinski definition) is 2. The van der Waals surface area contributed by atoms with Crippen molar-refractivity contribution in [2.45, 2.75) is 0 Å². The van der Waals surface area contributed by atoms with E-state index < -0.39 is 34.7 Å². The summed E-state index contributed by atoms with van der Waals surface area (Å²) >= 11 is 0. The maximum atomic E-state index is 13.7. The Bertz CT molecular complexity index is 1020. The molecule has 0 heterocycles. The number of anilines is 1. The Hall–Kier alpha value is -3.48. The first-order valence-electron chi connectivity index (χ1n) is 7.72. The van der Waals surface area contributed by atoms with Gasteiger partial charge < -0.3 is 5.32 Å². The fourth-order valence-electron chi connectivity index (χ4n) is 2.40. The minimum Gasteiger partial charge on any atom is -0.322 e. The Morgan fingerprint density at radius 1 is 0.704 bits per heavy atom. The molecule has 0 spiro atoms. The number of amides is 1. The molecule has 0 aliphatic heterocycles. The second-order valence-electron chi connectivity index (χ2n) is 5.57. The van der Waals surface area contributed by atoms with E-state index in [1.165, 1.54) is 24.3 Å². The molecule has 0 fully saturated rings. The summed E-state index contributed by atoms with van der Waals surface area (Å²) in [6, 6.07) is 14.4. The maximum Gasteiger partial charge on any atom is 0.258 e. The van der Waals surface area contributed by atoms with E-state index in [2.05, 4.69) is 5.32 Å². The van der Waals surface area contributed by atoms with E-state index in [4.69, 9.17) is 0 Å². The minimum atomic E-state index is -2.07. The lowest BCUT2D eigenvalue weighted by atomic mass is 10.0. The molecule has 0 saturated carbocycles. The Morgan fingerprint density at radius 3 is 1.93 bits per heavy atom. The molecule has 3 nitrogen and oxygen atoms in total. The molecular weight excluding hydrogens is 362 g/mol. The largest absolute Gasteiger partial charge is 0.322 e. The van der Waals surface area contributed by atoms with Gasteiger partial charge in [0.2, 0.25) is 0 Å². The van der Waals surface area contributed by atoms with E-state index in [1.807, 2.05) is 0 Å². The standard InChI is InChI=1S/C20H11F4NO2/c21-15-10-14(16(22)18(24)17(15)23)20(27)25-13-8-6-12(7-9-13)19(26)11-4-2-1-3-5-11/h1-10H,(H,25,27).